The standard InChI is InChI=1S/C14H19N3O/c1-3-16-14(18)11-17(4-2)10-13-7-5-6-12(8-13)9-15/h5-8H,3-4,10-11H2,1-2H3,(H,16,18)/p+1. The summed E-state index contributed by atoms with van der Waals surface area (Å²) in [7, 11) is 0. The normalized spacial score (nSPS) is 11.6. The number of carbonyl (C=O) groups is 1. The molecule has 0 radical (unpaired) electrons. The van der Waals surface area contributed by atoms with Crippen molar-refractivity contribution in [3.05, 3.63) is 35.4 Å². The van der Waals surface area contributed by atoms with E-state index >= 15 is 0 Å². The topological polar surface area (TPSA) is 57.3 Å². The van der Waals surface area contributed by atoms with E-state index in [0.717, 1.165) is 18.7 Å². The van der Waals surface area contributed by atoms with Crippen LogP contribution in [0.25, 0.3) is 0 Å². The van der Waals surface area contributed by atoms with Crippen LogP contribution < -0.4 is 10.2 Å². The average Bonchev–Trinajstić information content (AvgIpc) is 2.38. The van der Waals surface area contributed by atoms with E-state index in [1.165, 1.54) is 4.90 Å². The zero-order valence-electron chi connectivity index (χ0n) is 11.0. The maximum atomic E-state index is 11.5. The monoisotopic (exact) mass is 246 g/mol. The van der Waals surface area contributed by atoms with E-state index in [0.29, 0.717) is 18.7 Å². The highest BCUT2D eigenvalue weighted by atomic mass is 16.2. The molecule has 0 spiro atoms. The van der Waals surface area contributed by atoms with Crippen LogP contribution in [-0.2, 0) is 11.3 Å². The molecule has 1 rings (SSSR count). The van der Waals surface area contributed by atoms with Crippen LogP contribution >= 0.6 is 0 Å². The highest BCUT2D eigenvalue weighted by molar-refractivity contribution is 5.76. The van der Waals surface area contributed by atoms with Gasteiger partial charge in [-0.3, -0.25) is 4.79 Å². The van der Waals surface area contributed by atoms with Gasteiger partial charge >= 0.3 is 0 Å². The van der Waals surface area contributed by atoms with Gasteiger partial charge in [0.15, 0.2) is 6.54 Å². The molecule has 4 nitrogen and oxygen atoms in total. The zero-order chi connectivity index (χ0) is 13.4. The molecule has 96 valence electrons. The van der Waals surface area contributed by atoms with Crippen molar-refractivity contribution in [1.82, 2.24) is 5.32 Å². The summed E-state index contributed by atoms with van der Waals surface area (Å²) in [6.07, 6.45) is 0. The van der Waals surface area contributed by atoms with Gasteiger partial charge in [-0.1, -0.05) is 12.1 Å². The number of nitrogens with zero attached hydrogens (tertiary/aromatic N) is 1. The van der Waals surface area contributed by atoms with Crippen LogP contribution in [0.5, 0.6) is 0 Å². The lowest BCUT2D eigenvalue weighted by molar-refractivity contribution is -0.904. The predicted molar refractivity (Wildman–Crippen MR) is 69.9 cm³/mol. The number of amides is 1. The number of carbonyl (C=O) groups excluding carboxylic acids is 1. The molecule has 1 amide bonds. The van der Waals surface area contributed by atoms with Crippen molar-refractivity contribution < 1.29 is 9.69 Å². The lowest BCUT2D eigenvalue weighted by Crippen LogP contribution is -3.11. The Morgan fingerprint density at radius 3 is 2.83 bits per heavy atom. The lowest BCUT2D eigenvalue weighted by atomic mass is 10.1. The molecule has 0 aromatic heterocycles. The highest BCUT2D eigenvalue weighted by Crippen LogP contribution is 2.02. The van der Waals surface area contributed by atoms with Crippen LogP contribution in [0.3, 0.4) is 0 Å². The van der Waals surface area contributed by atoms with E-state index < -0.39 is 0 Å². The number of likely N-dealkylation sites (N-methyl/N-ethyl adjacent to an activating group) is 2. The minimum Gasteiger partial charge on any atom is -0.351 e. The fraction of sp³-hybridized carbons (Fsp3) is 0.429. The number of nitrogens with one attached hydrogen (secondary N) is 2. The molecule has 0 aliphatic rings. The van der Waals surface area contributed by atoms with Crippen molar-refractivity contribution in [3.8, 4) is 6.07 Å². The first kappa shape index (κ1) is 14.2. The Morgan fingerprint density at radius 1 is 1.44 bits per heavy atom. The third-order valence-corrected chi connectivity index (χ3v) is 2.79. The molecule has 1 aromatic rings. The van der Waals surface area contributed by atoms with E-state index in [4.69, 9.17) is 5.26 Å². The van der Waals surface area contributed by atoms with Crippen molar-refractivity contribution in [2.45, 2.75) is 20.4 Å². The summed E-state index contributed by atoms with van der Waals surface area (Å²) in [4.78, 5) is 12.7. The molecule has 0 saturated heterocycles. The second-order valence-corrected chi connectivity index (χ2v) is 4.22. The van der Waals surface area contributed by atoms with Crippen LogP contribution in [0.15, 0.2) is 24.3 Å². The second-order valence-electron chi connectivity index (χ2n) is 4.22. The molecular weight excluding hydrogens is 226 g/mol. The van der Waals surface area contributed by atoms with Crippen LogP contribution in [0, 0.1) is 11.3 Å². The summed E-state index contributed by atoms with van der Waals surface area (Å²) in [6, 6.07) is 9.68. The average molecular weight is 246 g/mol. The first-order valence-electron chi connectivity index (χ1n) is 6.28. The zero-order valence-corrected chi connectivity index (χ0v) is 11.0. The minimum absolute atomic E-state index is 0.0748. The van der Waals surface area contributed by atoms with E-state index in [1.54, 1.807) is 6.07 Å². The van der Waals surface area contributed by atoms with Crippen molar-refractivity contribution in [1.29, 1.82) is 5.26 Å². The Labute approximate surface area is 108 Å². The van der Waals surface area contributed by atoms with Crippen LogP contribution in [0.4, 0.5) is 0 Å². The van der Waals surface area contributed by atoms with E-state index in [2.05, 4.69) is 18.3 Å². The lowest BCUT2D eigenvalue weighted by Gasteiger charge is -2.17. The van der Waals surface area contributed by atoms with Gasteiger partial charge in [0.2, 0.25) is 0 Å². The summed E-state index contributed by atoms with van der Waals surface area (Å²) >= 11 is 0. The quantitative estimate of drug-likeness (QED) is 0.748. The maximum Gasteiger partial charge on any atom is 0.275 e. The van der Waals surface area contributed by atoms with Crippen LogP contribution in [0.1, 0.15) is 25.0 Å². The SMILES string of the molecule is CCNC(=O)C[NH+](CC)Cc1cccc(C#N)c1. The molecule has 0 fully saturated rings. The first-order valence-corrected chi connectivity index (χ1v) is 6.28. The highest BCUT2D eigenvalue weighted by Gasteiger charge is 2.12. The number of hydrogen-bond donors (Lipinski definition) is 2. The fourth-order valence-corrected chi connectivity index (χ4v) is 1.84. The van der Waals surface area contributed by atoms with Gasteiger partial charge in [0.1, 0.15) is 6.54 Å². The Balaban J connectivity index is 2.62. The molecule has 0 aliphatic carbocycles. The van der Waals surface area contributed by atoms with Gasteiger partial charge in [0.25, 0.3) is 5.91 Å². The van der Waals surface area contributed by atoms with Gasteiger partial charge < -0.3 is 10.2 Å². The summed E-state index contributed by atoms with van der Waals surface area (Å²) in [6.45, 7) is 6.76. The summed E-state index contributed by atoms with van der Waals surface area (Å²) in [5.41, 5.74) is 1.76. The van der Waals surface area contributed by atoms with Gasteiger partial charge in [0, 0.05) is 12.1 Å². The molecule has 4 heteroatoms. The Hall–Kier alpha value is -1.86. The van der Waals surface area contributed by atoms with Gasteiger partial charge in [-0.15, -0.1) is 0 Å². The molecule has 1 aromatic carbocycles. The Morgan fingerprint density at radius 2 is 2.22 bits per heavy atom. The maximum absolute atomic E-state index is 11.5. The predicted octanol–water partition coefficient (Wildman–Crippen LogP) is 0.0992. The molecule has 2 N–H and O–H groups in total. The number of rotatable bonds is 6. The second kappa shape index (κ2) is 7.46. The third kappa shape index (κ3) is 4.56. The molecule has 0 heterocycles. The minimum atomic E-state index is 0.0748. The van der Waals surface area contributed by atoms with Gasteiger partial charge in [-0.25, -0.2) is 0 Å². The van der Waals surface area contributed by atoms with Crippen molar-refractivity contribution in [2.24, 2.45) is 0 Å². The summed E-state index contributed by atoms with van der Waals surface area (Å²) < 4.78 is 0. The summed E-state index contributed by atoms with van der Waals surface area (Å²) in [5, 5.41) is 11.7. The summed E-state index contributed by atoms with van der Waals surface area (Å²) in [5.74, 6) is 0.0748. The number of nitriles is 1. The molecule has 1 atom stereocenters. The number of quaternary nitrogens is 1. The largest absolute Gasteiger partial charge is 0.351 e. The van der Waals surface area contributed by atoms with Crippen LogP contribution in [-0.4, -0.2) is 25.5 Å². The molecular formula is C14H20N3O+. The number of benzene rings is 1. The van der Waals surface area contributed by atoms with Crippen molar-refractivity contribution >= 4 is 5.91 Å². The fourth-order valence-electron chi connectivity index (χ4n) is 1.84. The van der Waals surface area contributed by atoms with Gasteiger partial charge in [0.05, 0.1) is 18.2 Å². The molecule has 1 unspecified atom stereocenters. The first-order chi connectivity index (χ1) is 8.69. The Bertz CT molecular complexity index is 437. The third-order valence-electron chi connectivity index (χ3n) is 2.79. The van der Waals surface area contributed by atoms with Crippen LogP contribution in [0.2, 0.25) is 0 Å². The number of hydrogen-bond acceptors (Lipinski definition) is 2. The Kier molecular flexibility index (Phi) is 5.89. The van der Waals surface area contributed by atoms with Gasteiger partial charge in [-0.2, -0.15) is 5.26 Å². The van der Waals surface area contributed by atoms with Crippen molar-refractivity contribution in [3.63, 3.8) is 0 Å². The van der Waals surface area contributed by atoms with E-state index in [9.17, 15) is 4.79 Å². The molecule has 18 heavy (non-hydrogen) atoms. The molecule has 0 saturated carbocycles. The molecule has 0 bridgehead atoms. The van der Waals surface area contributed by atoms with Gasteiger partial charge in [-0.05, 0) is 26.0 Å². The van der Waals surface area contributed by atoms with E-state index in [1.807, 2.05) is 25.1 Å². The van der Waals surface area contributed by atoms with Crippen molar-refractivity contribution in [2.75, 3.05) is 19.6 Å². The molecule has 0 aliphatic heterocycles. The van der Waals surface area contributed by atoms with E-state index in [-0.39, 0.29) is 5.91 Å². The smallest absolute Gasteiger partial charge is 0.275 e.